The Bertz CT molecular complexity index is 708. The summed E-state index contributed by atoms with van der Waals surface area (Å²) >= 11 is 5.41. The Kier molecular flexibility index (Phi) is 4.28. The fourth-order valence-electron chi connectivity index (χ4n) is 4.48. The lowest BCUT2D eigenvalue weighted by Crippen LogP contribution is -2.42. The molecule has 2 aromatic carbocycles. The van der Waals surface area contributed by atoms with E-state index < -0.39 is 0 Å². The van der Waals surface area contributed by atoms with Crippen molar-refractivity contribution in [2.45, 2.75) is 31.6 Å². The van der Waals surface area contributed by atoms with Crippen LogP contribution in [0.2, 0.25) is 0 Å². The van der Waals surface area contributed by atoms with Gasteiger partial charge in [-0.2, -0.15) is 0 Å². The average Bonchev–Trinajstić information content (AvgIpc) is 2.65. The summed E-state index contributed by atoms with van der Waals surface area (Å²) in [7, 11) is 0. The molecule has 2 aromatic rings. The summed E-state index contributed by atoms with van der Waals surface area (Å²) in [5.41, 5.74) is 6.10. The van der Waals surface area contributed by atoms with Gasteiger partial charge in [0.05, 0.1) is 0 Å². The van der Waals surface area contributed by atoms with Gasteiger partial charge in [0.2, 0.25) is 0 Å². The van der Waals surface area contributed by atoms with Crippen molar-refractivity contribution in [1.29, 1.82) is 0 Å². The number of rotatable bonds is 4. The molecule has 0 amide bonds. The Morgan fingerprint density at radius 3 is 2.12 bits per heavy atom. The van der Waals surface area contributed by atoms with Gasteiger partial charge in [0, 0.05) is 24.9 Å². The lowest BCUT2D eigenvalue weighted by molar-refractivity contribution is 0.354. The van der Waals surface area contributed by atoms with Crippen LogP contribution in [-0.2, 0) is 0 Å². The average molecular weight is 337 g/mol. The highest BCUT2D eigenvalue weighted by atomic mass is 32.1. The van der Waals surface area contributed by atoms with E-state index in [4.69, 9.17) is 12.2 Å². The van der Waals surface area contributed by atoms with Crippen molar-refractivity contribution in [3.63, 3.8) is 0 Å². The number of fused-ring (bicyclic) bond motifs is 1. The van der Waals surface area contributed by atoms with E-state index in [-0.39, 0.29) is 0 Å². The molecule has 0 aromatic heterocycles. The minimum absolute atomic E-state index is 0.490. The number of thiocarbonyl (C=S) groups is 1. The number of hydrogen-bond donors (Lipinski definition) is 2. The Morgan fingerprint density at radius 2 is 1.54 bits per heavy atom. The van der Waals surface area contributed by atoms with E-state index in [1.165, 1.54) is 28.7 Å². The molecule has 124 valence electrons. The largest absolute Gasteiger partial charge is 0.363 e. The maximum atomic E-state index is 5.41. The van der Waals surface area contributed by atoms with Gasteiger partial charge in [0.1, 0.15) is 0 Å². The molecule has 3 aliphatic rings. The van der Waals surface area contributed by atoms with Crippen molar-refractivity contribution in [2.24, 2.45) is 5.92 Å². The Hall–Kier alpha value is -1.87. The smallest absolute Gasteiger partial charge is 0.166 e. The van der Waals surface area contributed by atoms with Gasteiger partial charge < -0.3 is 10.6 Å². The first-order valence-electron chi connectivity index (χ1n) is 8.99. The first-order chi connectivity index (χ1) is 11.8. The van der Waals surface area contributed by atoms with Gasteiger partial charge in [0.25, 0.3) is 0 Å². The van der Waals surface area contributed by atoms with Crippen LogP contribution in [0.5, 0.6) is 0 Å². The van der Waals surface area contributed by atoms with Crippen LogP contribution in [0.15, 0.2) is 48.5 Å². The minimum Gasteiger partial charge on any atom is -0.363 e. The first-order valence-corrected chi connectivity index (χ1v) is 9.39. The molecule has 0 saturated carbocycles. The third-order valence-corrected chi connectivity index (χ3v) is 5.77. The molecule has 0 fully saturated rings. The monoisotopic (exact) mass is 336 g/mol. The summed E-state index contributed by atoms with van der Waals surface area (Å²) in [6.07, 6.45) is 2.30. The summed E-state index contributed by atoms with van der Waals surface area (Å²) in [5, 5.41) is 7.52. The predicted molar refractivity (Wildman–Crippen MR) is 104 cm³/mol. The van der Waals surface area contributed by atoms with Crippen molar-refractivity contribution in [3.8, 4) is 0 Å². The van der Waals surface area contributed by atoms with Crippen LogP contribution in [0.4, 0.5) is 0 Å². The summed E-state index contributed by atoms with van der Waals surface area (Å²) in [6, 6.07) is 18.0. The molecule has 5 rings (SSSR count). The first kappa shape index (κ1) is 15.6. The van der Waals surface area contributed by atoms with Crippen LogP contribution in [0.3, 0.4) is 0 Å². The Labute approximate surface area is 149 Å². The molecule has 3 heteroatoms. The van der Waals surface area contributed by atoms with Crippen LogP contribution >= 0.6 is 12.2 Å². The third kappa shape index (κ3) is 2.61. The van der Waals surface area contributed by atoms with Crippen LogP contribution in [0.25, 0.3) is 0 Å². The highest BCUT2D eigenvalue weighted by Gasteiger charge is 2.42. The molecule has 24 heavy (non-hydrogen) atoms. The van der Waals surface area contributed by atoms with E-state index >= 15 is 0 Å². The number of hydrogen-bond acceptors (Lipinski definition) is 1. The summed E-state index contributed by atoms with van der Waals surface area (Å²) in [5.74, 6) is 1.62. The van der Waals surface area contributed by atoms with Gasteiger partial charge in [-0.3, -0.25) is 0 Å². The van der Waals surface area contributed by atoms with Crippen LogP contribution in [-0.4, -0.2) is 18.2 Å². The summed E-state index contributed by atoms with van der Waals surface area (Å²) < 4.78 is 0. The van der Waals surface area contributed by atoms with Gasteiger partial charge in [0.15, 0.2) is 5.11 Å². The van der Waals surface area contributed by atoms with Crippen LogP contribution < -0.4 is 10.6 Å². The summed E-state index contributed by atoms with van der Waals surface area (Å²) in [6.45, 7) is 4.04. The van der Waals surface area contributed by atoms with E-state index in [0.717, 1.165) is 24.6 Å². The number of nitrogens with one attached hydrogen (secondary N) is 2. The molecule has 2 N–H and O–H groups in total. The molecule has 3 aliphatic carbocycles. The quantitative estimate of drug-likeness (QED) is 0.820. The maximum Gasteiger partial charge on any atom is 0.166 e. The van der Waals surface area contributed by atoms with E-state index in [1.54, 1.807) is 0 Å². The lowest BCUT2D eigenvalue weighted by atomic mass is 9.59. The highest BCUT2D eigenvalue weighted by molar-refractivity contribution is 7.80. The molecule has 0 spiro atoms. The maximum absolute atomic E-state index is 5.41. The SMILES string of the molecule is CCCNC(=S)NC[C@@H]1CC2c3ccccc3C1c1ccccc12. The lowest BCUT2D eigenvalue weighted by Gasteiger charge is -2.45. The van der Waals surface area contributed by atoms with E-state index in [9.17, 15) is 0 Å². The second-order valence-corrected chi connectivity index (χ2v) is 7.33. The van der Waals surface area contributed by atoms with Crippen LogP contribution in [0, 0.1) is 5.92 Å². The third-order valence-electron chi connectivity index (χ3n) is 5.48. The molecular formula is C21H24N2S. The summed E-state index contributed by atoms with van der Waals surface area (Å²) in [4.78, 5) is 0. The zero-order chi connectivity index (χ0) is 16.5. The fraction of sp³-hybridized carbons (Fsp3) is 0.381. The zero-order valence-electron chi connectivity index (χ0n) is 14.1. The van der Waals surface area contributed by atoms with Gasteiger partial charge in [-0.1, -0.05) is 55.5 Å². The van der Waals surface area contributed by atoms with Gasteiger partial charge >= 0.3 is 0 Å². The molecule has 2 bridgehead atoms. The molecular weight excluding hydrogens is 312 g/mol. The number of benzene rings is 2. The zero-order valence-corrected chi connectivity index (χ0v) is 14.9. The molecule has 0 heterocycles. The molecule has 2 nitrogen and oxygen atoms in total. The van der Waals surface area contributed by atoms with E-state index in [1.807, 2.05) is 0 Å². The molecule has 0 radical (unpaired) electrons. The highest BCUT2D eigenvalue weighted by Crippen LogP contribution is 2.54. The molecule has 1 atom stereocenters. The van der Waals surface area contributed by atoms with E-state index in [0.29, 0.717) is 17.8 Å². The van der Waals surface area contributed by atoms with Crippen LogP contribution in [0.1, 0.15) is 53.9 Å². The Morgan fingerprint density at radius 1 is 0.958 bits per heavy atom. The van der Waals surface area contributed by atoms with Gasteiger partial charge in [-0.25, -0.2) is 0 Å². The Balaban J connectivity index is 1.60. The molecule has 0 aliphatic heterocycles. The molecule has 0 saturated heterocycles. The predicted octanol–water partition coefficient (Wildman–Crippen LogP) is 4.16. The van der Waals surface area contributed by atoms with Crippen molar-refractivity contribution >= 4 is 17.3 Å². The van der Waals surface area contributed by atoms with Crippen molar-refractivity contribution in [3.05, 3.63) is 70.8 Å². The second-order valence-electron chi connectivity index (χ2n) is 6.92. The van der Waals surface area contributed by atoms with E-state index in [2.05, 4.69) is 66.1 Å². The van der Waals surface area contributed by atoms with Gasteiger partial charge in [-0.05, 0) is 53.2 Å². The van der Waals surface area contributed by atoms with Crippen molar-refractivity contribution < 1.29 is 0 Å². The second kappa shape index (κ2) is 6.56. The normalized spacial score (nSPS) is 23.3. The standard InChI is InChI=1S/C21H24N2S/c1-2-11-22-21(24)23-13-14-12-19-15-7-3-5-9-17(15)20(14)18-10-6-4-8-16(18)19/h3-10,14,19-20H,2,11-13H2,1H3,(H2,22,23,24)/t14-,19?,20?/m0/s1. The van der Waals surface area contributed by atoms with Crippen molar-refractivity contribution in [2.75, 3.05) is 13.1 Å². The minimum atomic E-state index is 0.490. The molecule has 0 unspecified atom stereocenters. The topological polar surface area (TPSA) is 24.1 Å². The van der Waals surface area contributed by atoms with Crippen molar-refractivity contribution in [1.82, 2.24) is 10.6 Å². The fourth-order valence-corrected chi connectivity index (χ4v) is 4.67. The van der Waals surface area contributed by atoms with Gasteiger partial charge in [-0.15, -0.1) is 0 Å².